The molecule has 1 heterocycles. The molecule has 0 radical (unpaired) electrons. The summed E-state index contributed by atoms with van der Waals surface area (Å²) in [5.74, 6) is 0.310. The number of hydrogen-bond donors (Lipinski definition) is 1. The SMILES string of the molecule is COc1cccc(-c2nn(Cc3ccccc3)cc2C(=O)NCCCS(=O)(=O)c2ccccc2)c1. The Bertz CT molecular complexity index is 1380. The normalized spacial score (nSPS) is 11.2. The van der Waals surface area contributed by atoms with Gasteiger partial charge in [-0.3, -0.25) is 9.48 Å². The number of sulfone groups is 1. The maximum absolute atomic E-state index is 13.1. The molecule has 0 fully saturated rings. The molecule has 0 aliphatic rings. The maximum atomic E-state index is 13.1. The van der Waals surface area contributed by atoms with Gasteiger partial charge in [-0.25, -0.2) is 8.42 Å². The van der Waals surface area contributed by atoms with Crippen LogP contribution in [0.25, 0.3) is 11.3 Å². The molecule has 0 aliphatic heterocycles. The number of nitrogens with one attached hydrogen (secondary N) is 1. The molecule has 3 aromatic carbocycles. The van der Waals surface area contributed by atoms with Crippen LogP contribution >= 0.6 is 0 Å². The van der Waals surface area contributed by atoms with Crippen molar-refractivity contribution < 1.29 is 17.9 Å². The van der Waals surface area contributed by atoms with E-state index in [4.69, 9.17) is 4.74 Å². The lowest BCUT2D eigenvalue weighted by molar-refractivity contribution is 0.0954. The predicted octanol–water partition coefficient (Wildman–Crippen LogP) is 4.20. The van der Waals surface area contributed by atoms with Gasteiger partial charge in [0, 0.05) is 18.3 Å². The molecule has 0 saturated heterocycles. The monoisotopic (exact) mass is 489 g/mol. The summed E-state index contributed by atoms with van der Waals surface area (Å²) >= 11 is 0. The van der Waals surface area contributed by atoms with E-state index in [1.165, 1.54) is 0 Å². The quantitative estimate of drug-likeness (QED) is 0.337. The lowest BCUT2D eigenvalue weighted by atomic mass is 10.1. The van der Waals surface area contributed by atoms with Gasteiger partial charge in [-0.05, 0) is 36.2 Å². The number of methoxy groups -OCH3 is 1. The van der Waals surface area contributed by atoms with E-state index in [-0.39, 0.29) is 23.1 Å². The van der Waals surface area contributed by atoms with E-state index >= 15 is 0 Å². The number of carbonyl (C=O) groups excluding carboxylic acids is 1. The van der Waals surface area contributed by atoms with Crippen molar-refractivity contribution in [2.75, 3.05) is 19.4 Å². The van der Waals surface area contributed by atoms with E-state index in [2.05, 4.69) is 10.4 Å². The van der Waals surface area contributed by atoms with Crippen molar-refractivity contribution >= 4 is 15.7 Å². The molecule has 1 N–H and O–H groups in total. The van der Waals surface area contributed by atoms with Crippen LogP contribution < -0.4 is 10.1 Å². The van der Waals surface area contributed by atoms with Gasteiger partial charge in [-0.1, -0.05) is 60.7 Å². The summed E-state index contributed by atoms with van der Waals surface area (Å²) in [5.41, 5.74) is 2.77. The molecule has 1 amide bonds. The largest absolute Gasteiger partial charge is 0.497 e. The van der Waals surface area contributed by atoms with E-state index in [0.29, 0.717) is 30.0 Å². The zero-order valence-corrected chi connectivity index (χ0v) is 20.2. The second-order valence-corrected chi connectivity index (χ2v) is 10.2. The molecule has 0 aliphatic carbocycles. The Kier molecular flexibility index (Phi) is 7.62. The Morgan fingerprint density at radius 2 is 1.69 bits per heavy atom. The van der Waals surface area contributed by atoms with Crippen LogP contribution in [-0.2, 0) is 16.4 Å². The van der Waals surface area contributed by atoms with Gasteiger partial charge in [0.05, 0.1) is 29.9 Å². The van der Waals surface area contributed by atoms with Crippen molar-refractivity contribution in [1.82, 2.24) is 15.1 Å². The van der Waals surface area contributed by atoms with Crippen molar-refractivity contribution in [2.45, 2.75) is 17.9 Å². The summed E-state index contributed by atoms with van der Waals surface area (Å²) < 4.78 is 32.0. The number of benzene rings is 3. The molecule has 1 aromatic heterocycles. The highest BCUT2D eigenvalue weighted by Gasteiger charge is 2.19. The highest BCUT2D eigenvalue weighted by molar-refractivity contribution is 7.91. The van der Waals surface area contributed by atoms with Crippen LogP contribution in [0.4, 0.5) is 0 Å². The minimum absolute atomic E-state index is 0.0483. The molecule has 0 atom stereocenters. The standard InChI is InChI=1S/C27H27N3O4S/c1-34-23-13-8-12-22(18-23)26-25(20-30(29-26)19-21-10-4-2-5-11-21)27(31)28-16-9-17-35(32,33)24-14-6-3-7-15-24/h2-8,10-15,18,20H,9,16-17,19H2,1H3,(H,28,31). The number of rotatable bonds is 10. The third-order valence-electron chi connectivity index (χ3n) is 5.51. The summed E-state index contributed by atoms with van der Waals surface area (Å²) in [6.07, 6.45) is 2.02. The molecule has 0 bridgehead atoms. The molecule has 7 nitrogen and oxygen atoms in total. The zero-order chi connectivity index (χ0) is 24.7. The molecule has 0 unspecified atom stereocenters. The van der Waals surface area contributed by atoms with Gasteiger partial charge in [0.25, 0.3) is 5.91 Å². The number of hydrogen-bond acceptors (Lipinski definition) is 5. The molecule has 0 saturated carbocycles. The second kappa shape index (κ2) is 11.0. The fourth-order valence-corrected chi connectivity index (χ4v) is 5.06. The minimum atomic E-state index is -3.39. The van der Waals surface area contributed by atoms with Crippen LogP contribution in [0, 0.1) is 0 Å². The molecular weight excluding hydrogens is 462 g/mol. The average Bonchev–Trinajstić information content (AvgIpc) is 3.31. The first kappa shape index (κ1) is 24.2. The first-order valence-electron chi connectivity index (χ1n) is 11.3. The van der Waals surface area contributed by atoms with Gasteiger partial charge in [0.15, 0.2) is 9.84 Å². The number of ether oxygens (including phenoxy) is 1. The Balaban J connectivity index is 1.50. The van der Waals surface area contributed by atoms with E-state index < -0.39 is 9.84 Å². The van der Waals surface area contributed by atoms with Crippen LogP contribution in [-0.4, -0.2) is 43.5 Å². The molecule has 4 aromatic rings. The highest BCUT2D eigenvalue weighted by atomic mass is 32.2. The number of aromatic nitrogens is 2. The van der Waals surface area contributed by atoms with Crippen LogP contribution in [0.2, 0.25) is 0 Å². The van der Waals surface area contributed by atoms with Crippen molar-refractivity contribution in [1.29, 1.82) is 0 Å². The summed E-state index contributed by atoms with van der Waals surface area (Å²) in [5, 5.41) is 7.53. The molecule has 8 heteroatoms. The Hall–Kier alpha value is -3.91. The smallest absolute Gasteiger partial charge is 0.255 e. The fraction of sp³-hybridized carbons (Fsp3) is 0.185. The van der Waals surface area contributed by atoms with E-state index in [9.17, 15) is 13.2 Å². The first-order valence-corrected chi connectivity index (χ1v) is 12.9. The fourth-order valence-electron chi connectivity index (χ4n) is 3.73. The molecule has 35 heavy (non-hydrogen) atoms. The van der Waals surface area contributed by atoms with Gasteiger partial charge in [-0.2, -0.15) is 5.10 Å². The number of amides is 1. The lowest BCUT2D eigenvalue weighted by Gasteiger charge is -2.07. The van der Waals surface area contributed by atoms with Gasteiger partial charge in [0.1, 0.15) is 11.4 Å². The summed E-state index contributed by atoms with van der Waals surface area (Å²) in [4.78, 5) is 13.4. The van der Waals surface area contributed by atoms with Crippen molar-refractivity contribution in [3.05, 3.63) is 102 Å². The summed E-state index contributed by atoms with van der Waals surface area (Å²) in [6.45, 7) is 0.743. The van der Waals surface area contributed by atoms with Gasteiger partial charge < -0.3 is 10.1 Å². The first-order chi connectivity index (χ1) is 17.0. The van der Waals surface area contributed by atoms with Gasteiger partial charge in [-0.15, -0.1) is 0 Å². The highest BCUT2D eigenvalue weighted by Crippen LogP contribution is 2.26. The molecule has 180 valence electrons. The third kappa shape index (κ3) is 6.16. The number of carbonyl (C=O) groups is 1. The van der Waals surface area contributed by atoms with E-state index in [0.717, 1.165) is 11.1 Å². The molecular formula is C27H27N3O4S. The van der Waals surface area contributed by atoms with Crippen molar-refractivity contribution in [3.8, 4) is 17.0 Å². The number of nitrogens with zero attached hydrogens (tertiary/aromatic N) is 2. The van der Waals surface area contributed by atoms with E-state index in [1.807, 2.05) is 54.6 Å². The molecule has 4 rings (SSSR count). The van der Waals surface area contributed by atoms with Crippen LogP contribution in [0.1, 0.15) is 22.3 Å². The predicted molar refractivity (Wildman–Crippen MR) is 135 cm³/mol. The maximum Gasteiger partial charge on any atom is 0.255 e. The average molecular weight is 490 g/mol. The minimum Gasteiger partial charge on any atom is -0.497 e. The Labute approximate surface area is 205 Å². The molecule has 0 spiro atoms. The topological polar surface area (TPSA) is 90.3 Å². The van der Waals surface area contributed by atoms with Crippen molar-refractivity contribution in [3.63, 3.8) is 0 Å². The van der Waals surface area contributed by atoms with Gasteiger partial charge >= 0.3 is 0 Å². The summed E-state index contributed by atoms with van der Waals surface area (Å²) in [7, 11) is -1.81. The second-order valence-electron chi connectivity index (χ2n) is 8.05. The van der Waals surface area contributed by atoms with Crippen molar-refractivity contribution in [2.24, 2.45) is 0 Å². The van der Waals surface area contributed by atoms with Crippen LogP contribution in [0.5, 0.6) is 5.75 Å². The third-order valence-corrected chi connectivity index (χ3v) is 7.33. The van der Waals surface area contributed by atoms with Crippen LogP contribution in [0.15, 0.2) is 96.0 Å². The lowest BCUT2D eigenvalue weighted by Crippen LogP contribution is -2.26. The van der Waals surface area contributed by atoms with Gasteiger partial charge in [0.2, 0.25) is 0 Å². The zero-order valence-electron chi connectivity index (χ0n) is 19.4. The Morgan fingerprint density at radius 3 is 2.40 bits per heavy atom. The van der Waals surface area contributed by atoms with E-state index in [1.54, 1.807) is 48.3 Å². The Morgan fingerprint density at radius 1 is 0.971 bits per heavy atom. The summed E-state index contributed by atoms with van der Waals surface area (Å²) in [6, 6.07) is 25.6. The van der Waals surface area contributed by atoms with Crippen LogP contribution in [0.3, 0.4) is 0 Å².